The first-order chi connectivity index (χ1) is 14.8. The number of methoxy groups -OCH3 is 1. The summed E-state index contributed by atoms with van der Waals surface area (Å²) < 4.78 is 45.5. The number of amides is 2. The highest BCUT2D eigenvalue weighted by molar-refractivity contribution is 6.00. The number of aromatic nitrogens is 2. The van der Waals surface area contributed by atoms with Crippen LogP contribution in [0.15, 0.2) is 30.3 Å². The fourth-order valence-corrected chi connectivity index (χ4v) is 3.80. The average molecular weight is 436 g/mol. The van der Waals surface area contributed by atoms with Crippen LogP contribution in [-0.4, -0.2) is 41.8 Å². The third kappa shape index (κ3) is 4.67. The van der Waals surface area contributed by atoms with E-state index < -0.39 is 17.8 Å². The zero-order chi connectivity index (χ0) is 22.2. The average Bonchev–Trinajstić information content (AvgIpc) is 3.36. The van der Waals surface area contributed by atoms with E-state index in [-0.39, 0.29) is 43.8 Å². The molecule has 0 radical (unpaired) electrons. The zero-order valence-electron chi connectivity index (χ0n) is 17.0. The van der Waals surface area contributed by atoms with E-state index >= 15 is 0 Å². The second-order valence-electron chi connectivity index (χ2n) is 7.85. The lowest BCUT2D eigenvalue weighted by molar-refractivity contribution is -0.141. The number of halogens is 3. The number of carbonyl (C=O) groups excluding carboxylic acids is 2. The van der Waals surface area contributed by atoms with Crippen LogP contribution in [0.3, 0.4) is 0 Å². The Morgan fingerprint density at radius 3 is 2.74 bits per heavy atom. The van der Waals surface area contributed by atoms with Gasteiger partial charge in [-0.05, 0) is 31.0 Å². The summed E-state index contributed by atoms with van der Waals surface area (Å²) in [6.45, 7) is 0.528. The molecule has 1 aromatic heterocycles. The molecule has 2 heterocycles. The number of anilines is 1. The van der Waals surface area contributed by atoms with Gasteiger partial charge in [0.05, 0.1) is 19.6 Å². The monoisotopic (exact) mass is 436 g/mol. The Morgan fingerprint density at radius 2 is 2.06 bits per heavy atom. The number of nitrogens with zero attached hydrogens (tertiary/aromatic N) is 3. The molecule has 2 fully saturated rings. The van der Waals surface area contributed by atoms with Gasteiger partial charge in [0.2, 0.25) is 11.8 Å². The summed E-state index contributed by atoms with van der Waals surface area (Å²) in [7, 11) is 1.53. The molecular weight excluding hydrogens is 413 g/mol. The van der Waals surface area contributed by atoms with Crippen molar-refractivity contribution in [1.82, 2.24) is 15.1 Å². The van der Waals surface area contributed by atoms with E-state index in [9.17, 15) is 22.8 Å². The zero-order valence-corrected chi connectivity index (χ0v) is 17.0. The van der Waals surface area contributed by atoms with Crippen molar-refractivity contribution in [3.05, 3.63) is 41.7 Å². The maximum Gasteiger partial charge on any atom is 0.435 e. The smallest absolute Gasteiger partial charge is 0.435 e. The number of benzene rings is 1. The van der Waals surface area contributed by atoms with Gasteiger partial charge < -0.3 is 15.0 Å². The second kappa shape index (κ2) is 8.24. The van der Waals surface area contributed by atoms with Gasteiger partial charge in [0.15, 0.2) is 5.69 Å². The van der Waals surface area contributed by atoms with Gasteiger partial charge >= 0.3 is 6.18 Å². The van der Waals surface area contributed by atoms with Crippen LogP contribution in [0.5, 0.6) is 5.75 Å². The Bertz CT molecular complexity index is 984. The Kier molecular flexibility index (Phi) is 5.63. The number of ether oxygens (including phenoxy) is 1. The fraction of sp³-hybridized carbons (Fsp3) is 0.476. The van der Waals surface area contributed by atoms with Crippen molar-refractivity contribution in [2.75, 3.05) is 25.1 Å². The predicted molar refractivity (Wildman–Crippen MR) is 106 cm³/mol. The minimum Gasteiger partial charge on any atom is -0.497 e. The molecule has 0 spiro atoms. The fourth-order valence-electron chi connectivity index (χ4n) is 3.80. The summed E-state index contributed by atoms with van der Waals surface area (Å²) in [5.74, 6) is -0.267. The SMILES string of the molecule is COc1cccc(N2CC(C(=O)NCCn3nc(C(F)(F)F)cc3C3CC3)CC2=O)c1. The molecule has 2 amide bonds. The standard InChI is InChI=1S/C21H23F3N4O3/c1-31-16-4-2-3-15(10-16)27-12-14(9-19(27)29)20(30)25-7-8-28-17(13-5-6-13)11-18(26-28)21(22,23)24/h2-4,10-11,13-14H,5-9,12H2,1H3,(H,25,30). The van der Waals surface area contributed by atoms with Crippen molar-refractivity contribution < 1.29 is 27.5 Å². The van der Waals surface area contributed by atoms with E-state index in [2.05, 4.69) is 10.4 Å². The van der Waals surface area contributed by atoms with Crippen LogP contribution in [0.1, 0.15) is 36.6 Å². The summed E-state index contributed by atoms with van der Waals surface area (Å²) in [4.78, 5) is 26.5. The largest absolute Gasteiger partial charge is 0.497 e. The highest BCUT2D eigenvalue weighted by Crippen LogP contribution is 2.42. The van der Waals surface area contributed by atoms with Crippen molar-refractivity contribution in [1.29, 1.82) is 0 Å². The van der Waals surface area contributed by atoms with Crippen LogP contribution in [0.2, 0.25) is 0 Å². The molecule has 1 aliphatic heterocycles. The van der Waals surface area contributed by atoms with Gasteiger partial charge in [-0.25, -0.2) is 0 Å². The lowest BCUT2D eigenvalue weighted by atomic mass is 10.1. The third-order valence-electron chi connectivity index (χ3n) is 5.58. The summed E-state index contributed by atoms with van der Waals surface area (Å²) in [5.41, 5.74) is 0.308. The Balaban J connectivity index is 1.34. The quantitative estimate of drug-likeness (QED) is 0.724. The van der Waals surface area contributed by atoms with E-state index in [1.165, 1.54) is 11.8 Å². The third-order valence-corrected chi connectivity index (χ3v) is 5.58. The maximum atomic E-state index is 13.0. The van der Waals surface area contributed by atoms with Gasteiger partial charge in [-0.15, -0.1) is 0 Å². The molecule has 31 heavy (non-hydrogen) atoms. The van der Waals surface area contributed by atoms with Crippen LogP contribution in [0.4, 0.5) is 18.9 Å². The van der Waals surface area contributed by atoms with Crippen LogP contribution >= 0.6 is 0 Å². The Morgan fingerprint density at radius 1 is 1.29 bits per heavy atom. The first-order valence-corrected chi connectivity index (χ1v) is 10.1. The highest BCUT2D eigenvalue weighted by Gasteiger charge is 2.38. The molecule has 1 saturated heterocycles. The van der Waals surface area contributed by atoms with Gasteiger partial charge in [0.25, 0.3) is 0 Å². The van der Waals surface area contributed by atoms with Crippen molar-refractivity contribution in [3.8, 4) is 5.75 Å². The van der Waals surface area contributed by atoms with Crippen LogP contribution < -0.4 is 15.0 Å². The number of hydrogen-bond acceptors (Lipinski definition) is 4. The highest BCUT2D eigenvalue weighted by atomic mass is 19.4. The first-order valence-electron chi connectivity index (χ1n) is 10.1. The van der Waals surface area contributed by atoms with E-state index in [0.29, 0.717) is 17.1 Å². The molecule has 1 N–H and O–H groups in total. The molecule has 1 unspecified atom stereocenters. The summed E-state index contributed by atoms with van der Waals surface area (Å²) in [6.07, 6.45) is -2.72. The molecule has 1 atom stereocenters. The normalized spacial score (nSPS) is 19.0. The lowest BCUT2D eigenvalue weighted by Gasteiger charge is -2.17. The number of hydrogen-bond donors (Lipinski definition) is 1. The van der Waals surface area contributed by atoms with Crippen molar-refractivity contribution in [2.24, 2.45) is 5.92 Å². The van der Waals surface area contributed by atoms with E-state index in [1.807, 2.05) is 0 Å². The molecule has 1 saturated carbocycles. The van der Waals surface area contributed by atoms with E-state index in [0.717, 1.165) is 18.9 Å². The molecule has 1 aromatic carbocycles. The van der Waals surface area contributed by atoms with Crippen molar-refractivity contribution >= 4 is 17.5 Å². The summed E-state index contributed by atoms with van der Waals surface area (Å²) in [5, 5.41) is 6.42. The molecule has 2 aliphatic rings. The lowest BCUT2D eigenvalue weighted by Crippen LogP contribution is -2.35. The number of nitrogens with one attached hydrogen (secondary N) is 1. The maximum absolute atomic E-state index is 13.0. The van der Waals surface area contributed by atoms with E-state index in [4.69, 9.17) is 4.74 Å². The number of alkyl halides is 3. The van der Waals surface area contributed by atoms with Crippen LogP contribution in [0.25, 0.3) is 0 Å². The van der Waals surface area contributed by atoms with Gasteiger partial charge in [-0.1, -0.05) is 6.07 Å². The minimum atomic E-state index is -4.49. The second-order valence-corrected chi connectivity index (χ2v) is 7.85. The molecule has 7 nitrogen and oxygen atoms in total. The van der Waals surface area contributed by atoms with Gasteiger partial charge in [-0.2, -0.15) is 18.3 Å². The van der Waals surface area contributed by atoms with Crippen molar-refractivity contribution in [2.45, 2.75) is 37.9 Å². The van der Waals surface area contributed by atoms with Crippen LogP contribution in [0, 0.1) is 5.92 Å². The molecule has 166 valence electrons. The molecule has 2 aromatic rings. The van der Waals surface area contributed by atoms with Crippen molar-refractivity contribution in [3.63, 3.8) is 0 Å². The number of carbonyl (C=O) groups is 2. The van der Waals surface area contributed by atoms with Gasteiger partial charge in [0, 0.05) is 42.9 Å². The van der Waals surface area contributed by atoms with Crippen LogP contribution in [-0.2, 0) is 22.3 Å². The molecule has 10 heteroatoms. The predicted octanol–water partition coefficient (Wildman–Crippen LogP) is 2.96. The summed E-state index contributed by atoms with van der Waals surface area (Å²) in [6, 6.07) is 8.14. The van der Waals surface area contributed by atoms with Gasteiger partial charge in [-0.3, -0.25) is 14.3 Å². The topological polar surface area (TPSA) is 76.5 Å². The Hall–Kier alpha value is -3.04. The molecule has 1 aliphatic carbocycles. The summed E-state index contributed by atoms with van der Waals surface area (Å²) >= 11 is 0. The first kappa shape index (κ1) is 21.2. The number of rotatable bonds is 7. The molecular formula is C21H23F3N4O3. The Labute approximate surface area is 177 Å². The molecule has 4 rings (SSSR count). The van der Waals surface area contributed by atoms with E-state index in [1.54, 1.807) is 29.2 Å². The minimum absolute atomic E-state index is 0.0797. The van der Waals surface area contributed by atoms with Gasteiger partial charge in [0.1, 0.15) is 5.75 Å². The molecule has 0 bridgehead atoms.